The molecule has 136 valence electrons. The van der Waals surface area contributed by atoms with E-state index in [9.17, 15) is 15.0 Å². The molecule has 8 heteroatoms. The number of aliphatic hydroxyl groups is 2. The Kier molecular flexibility index (Phi) is 5.20. The van der Waals surface area contributed by atoms with Gasteiger partial charge in [0.15, 0.2) is 5.11 Å². The average molecular weight is 384 g/mol. The van der Waals surface area contributed by atoms with Crippen molar-refractivity contribution in [2.45, 2.75) is 50.6 Å². The number of halogens is 1. The Labute approximate surface area is 157 Å². The topological polar surface area (TPSA) is 84.8 Å². The molecule has 3 rings (SSSR count). The Hall–Kier alpha value is -1.41. The highest BCUT2D eigenvalue weighted by molar-refractivity contribution is 7.80. The van der Waals surface area contributed by atoms with Crippen LogP contribution in [0.25, 0.3) is 0 Å². The number of rotatable bonds is 3. The van der Waals surface area contributed by atoms with Gasteiger partial charge in [-0.15, -0.1) is 0 Å². The Balaban J connectivity index is 1.97. The molecule has 1 saturated heterocycles. The van der Waals surface area contributed by atoms with Gasteiger partial charge in [-0.3, -0.25) is 4.79 Å². The molecule has 2 aliphatic rings. The molecule has 5 atom stereocenters. The van der Waals surface area contributed by atoms with E-state index >= 15 is 0 Å². The minimum Gasteiger partial charge on any atom is -0.390 e. The predicted molar refractivity (Wildman–Crippen MR) is 101 cm³/mol. The molecular weight excluding hydrogens is 362 g/mol. The lowest BCUT2D eigenvalue weighted by Crippen LogP contribution is -2.61. The van der Waals surface area contributed by atoms with Crippen molar-refractivity contribution in [3.8, 4) is 0 Å². The number of amides is 1. The summed E-state index contributed by atoms with van der Waals surface area (Å²) in [5.74, 6) is -0.657. The number of nitrogens with one attached hydrogen (secondary N) is 2. The maximum Gasteiger partial charge on any atom is 0.225 e. The highest BCUT2D eigenvalue weighted by Gasteiger charge is 2.53. The molecule has 1 aromatic carbocycles. The van der Waals surface area contributed by atoms with E-state index in [1.165, 1.54) is 0 Å². The Morgan fingerprint density at radius 3 is 2.60 bits per heavy atom. The number of carbonyl (C=O) groups is 1. The predicted octanol–water partition coefficient (Wildman–Crippen LogP) is 1.04. The molecule has 1 saturated carbocycles. The Morgan fingerprint density at radius 2 is 2.00 bits per heavy atom. The van der Waals surface area contributed by atoms with E-state index < -0.39 is 24.2 Å². The third-order valence-corrected chi connectivity index (χ3v) is 5.28. The quantitative estimate of drug-likeness (QED) is 0.584. The van der Waals surface area contributed by atoms with E-state index in [4.69, 9.17) is 23.8 Å². The summed E-state index contributed by atoms with van der Waals surface area (Å²) in [5, 5.41) is 27.6. The molecule has 1 heterocycles. The minimum absolute atomic E-state index is 0.0137. The monoisotopic (exact) mass is 383 g/mol. The van der Waals surface area contributed by atoms with Crippen LogP contribution in [0.1, 0.15) is 20.3 Å². The lowest BCUT2D eigenvalue weighted by Gasteiger charge is -2.41. The van der Waals surface area contributed by atoms with Crippen LogP contribution in [0.3, 0.4) is 0 Å². The van der Waals surface area contributed by atoms with E-state index in [2.05, 4.69) is 10.6 Å². The molecule has 0 aromatic heterocycles. The summed E-state index contributed by atoms with van der Waals surface area (Å²) in [5.41, 5.74) is 0.792. The lowest BCUT2D eigenvalue weighted by molar-refractivity contribution is -0.131. The first-order valence-corrected chi connectivity index (χ1v) is 9.10. The fourth-order valence-electron chi connectivity index (χ4n) is 3.63. The second-order valence-corrected chi connectivity index (χ2v) is 7.70. The number of nitrogens with zero attached hydrogens (tertiary/aromatic N) is 1. The van der Waals surface area contributed by atoms with Crippen molar-refractivity contribution in [1.29, 1.82) is 0 Å². The van der Waals surface area contributed by atoms with Crippen LogP contribution in [0.5, 0.6) is 0 Å². The Morgan fingerprint density at radius 1 is 1.36 bits per heavy atom. The van der Waals surface area contributed by atoms with Crippen LogP contribution >= 0.6 is 23.8 Å². The van der Waals surface area contributed by atoms with Gasteiger partial charge in [-0.25, -0.2) is 0 Å². The fourth-order valence-corrected chi connectivity index (χ4v) is 4.12. The number of hydrogen-bond donors (Lipinski definition) is 4. The summed E-state index contributed by atoms with van der Waals surface area (Å²) in [4.78, 5) is 14.6. The first-order valence-electron chi connectivity index (χ1n) is 8.31. The minimum atomic E-state index is -0.997. The van der Waals surface area contributed by atoms with Crippen LogP contribution in [0.15, 0.2) is 24.3 Å². The molecule has 1 aliphatic heterocycles. The van der Waals surface area contributed by atoms with Gasteiger partial charge in [0.25, 0.3) is 0 Å². The molecule has 0 bridgehead atoms. The summed E-state index contributed by atoms with van der Waals surface area (Å²) in [7, 11) is 0. The fraction of sp³-hybridized carbons (Fsp3) is 0.529. The molecule has 1 aliphatic carbocycles. The largest absolute Gasteiger partial charge is 0.390 e. The molecule has 0 unspecified atom stereocenters. The van der Waals surface area contributed by atoms with Crippen molar-refractivity contribution < 1.29 is 15.0 Å². The average Bonchev–Trinajstić information content (AvgIpc) is 2.88. The van der Waals surface area contributed by atoms with Gasteiger partial charge in [0.2, 0.25) is 5.91 Å². The molecule has 1 amide bonds. The first-order chi connectivity index (χ1) is 11.8. The van der Waals surface area contributed by atoms with E-state index in [1.807, 2.05) is 30.9 Å². The summed E-state index contributed by atoms with van der Waals surface area (Å²) >= 11 is 11.4. The van der Waals surface area contributed by atoms with Crippen LogP contribution in [-0.2, 0) is 4.79 Å². The molecule has 2 fully saturated rings. The number of fused-ring (bicyclic) bond motifs is 1. The molecule has 0 radical (unpaired) electrons. The number of hydrogen-bond acceptors (Lipinski definition) is 4. The first kappa shape index (κ1) is 18.4. The smallest absolute Gasteiger partial charge is 0.225 e. The second-order valence-electron chi connectivity index (χ2n) is 6.88. The third-order valence-electron chi connectivity index (χ3n) is 4.72. The van der Waals surface area contributed by atoms with E-state index in [-0.39, 0.29) is 24.4 Å². The van der Waals surface area contributed by atoms with Gasteiger partial charge in [-0.1, -0.05) is 11.6 Å². The van der Waals surface area contributed by atoms with E-state index in [1.54, 1.807) is 12.1 Å². The van der Waals surface area contributed by atoms with Crippen LogP contribution in [0, 0.1) is 5.92 Å². The zero-order chi connectivity index (χ0) is 18.3. The van der Waals surface area contributed by atoms with Crippen LogP contribution < -0.4 is 15.5 Å². The normalized spacial score (nSPS) is 31.7. The molecule has 4 N–H and O–H groups in total. The van der Waals surface area contributed by atoms with Gasteiger partial charge in [-0.05, 0) is 56.8 Å². The maximum absolute atomic E-state index is 12.7. The lowest BCUT2D eigenvalue weighted by atomic mass is 9.77. The summed E-state index contributed by atoms with van der Waals surface area (Å²) in [6.45, 7) is 3.77. The summed E-state index contributed by atoms with van der Waals surface area (Å²) in [6.07, 6.45) is -1.80. The van der Waals surface area contributed by atoms with Gasteiger partial charge in [0.05, 0.1) is 24.1 Å². The molecule has 1 aromatic rings. The van der Waals surface area contributed by atoms with Crippen molar-refractivity contribution >= 4 is 40.5 Å². The van der Waals surface area contributed by atoms with Gasteiger partial charge in [-0.2, -0.15) is 0 Å². The van der Waals surface area contributed by atoms with Gasteiger partial charge < -0.3 is 25.7 Å². The van der Waals surface area contributed by atoms with Gasteiger partial charge in [0.1, 0.15) is 6.10 Å². The van der Waals surface area contributed by atoms with Crippen molar-refractivity contribution in [2.24, 2.45) is 5.92 Å². The van der Waals surface area contributed by atoms with Gasteiger partial charge in [0, 0.05) is 16.8 Å². The SMILES string of the molecule is CC(C)NC(=O)[C@H]1C[C@@H](O)[C@H](O)[C@H]2NC(=S)N(c3ccc(Cl)cc3)[C@@H]21. The number of aliphatic hydroxyl groups excluding tert-OH is 2. The molecule has 0 spiro atoms. The van der Waals surface area contributed by atoms with E-state index in [0.29, 0.717) is 10.1 Å². The number of thiocarbonyl (C=S) groups is 1. The van der Waals surface area contributed by atoms with Crippen molar-refractivity contribution in [1.82, 2.24) is 10.6 Å². The molecule has 25 heavy (non-hydrogen) atoms. The van der Waals surface area contributed by atoms with Crippen molar-refractivity contribution in [2.75, 3.05) is 4.90 Å². The van der Waals surface area contributed by atoms with Crippen LogP contribution in [0.4, 0.5) is 5.69 Å². The zero-order valence-corrected chi connectivity index (χ0v) is 15.6. The Bertz CT molecular complexity index is 670. The summed E-state index contributed by atoms with van der Waals surface area (Å²) in [6, 6.07) is 6.25. The standard InChI is InChI=1S/C17H22ClN3O3S/c1-8(2)19-16(24)11-7-12(22)15(23)13-14(11)21(17(25)20-13)10-5-3-9(18)4-6-10/h3-6,8,11-15,22-23H,7H2,1-2H3,(H,19,24)(H,20,25)/t11-,12+,13-,14+,15-/m0/s1. The number of benzene rings is 1. The number of anilines is 1. The zero-order valence-electron chi connectivity index (χ0n) is 14.0. The molecule has 6 nitrogen and oxygen atoms in total. The highest BCUT2D eigenvalue weighted by Crippen LogP contribution is 2.37. The maximum atomic E-state index is 12.7. The number of carbonyl (C=O) groups excluding carboxylic acids is 1. The van der Waals surface area contributed by atoms with Crippen molar-refractivity contribution in [3.63, 3.8) is 0 Å². The second kappa shape index (κ2) is 7.07. The summed E-state index contributed by atoms with van der Waals surface area (Å²) < 4.78 is 0. The van der Waals surface area contributed by atoms with Gasteiger partial charge >= 0.3 is 0 Å². The molecular formula is C17H22ClN3O3S. The van der Waals surface area contributed by atoms with Crippen molar-refractivity contribution in [3.05, 3.63) is 29.3 Å². The highest BCUT2D eigenvalue weighted by atomic mass is 35.5. The van der Waals surface area contributed by atoms with E-state index in [0.717, 1.165) is 5.69 Å². The van der Waals surface area contributed by atoms with Crippen LogP contribution in [-0.4, -0.2) is 51.6 Å². The third kappa shape index (κ3) is 3.46. The van der Waals surface area contributed by atoms with Crippen LogP contribution in [0.2, 0.25) is 5.02 Å².